The number of rotatable bonds is 5. The fourth-order valence-electron chi connectivity index (χ4n) is 3.66. The van der Waals surface area contributed by atoms with Crippen LogP contribution in [0.4, 0.5) is 0 Å². The number of likely N-dealkylation sites (N-methyl/N-ethyl adjacent to an activating group) is 1. The van der Waals surface area contributed by atoms with Crippen molar-refractivity contribution in [3.8, 4) is 0 Å². The standard InChI is InChI=1S/C22H23N3O3/c1-24(2)21(26)19-14-9-15-25(28)22(19,16-23-27)20(17-10-5-3-6-11-17)18-12-7-4-8-13-18/h3-16,20,27-28H,1-2H3. The molecular weight excluding hydrogens is 354 g/mol. The Balaban J connectivity index is 2.33. The van der Waals surface area contributed by atoms with Crippen LogP contribution in [0.25, 0.3) is 0 Å². The zero-order valence-electron chi connectivity index (χ0n) is 15.8. The third-order valence-corrected chi connectivity index (χ3v) is 4.90. The first-order chi connectivity index (χ1) is 13.5. The van der Waals surface area contributed by atoms with Gasteiger partial charge in [0.2, 0.25) is 0 Å². The van der Waals surface area contributed by atoms with Crippen LogP contribution in [0, 0.1) is 0 Å². The highest BCUT2D eigenvalue weighted by Crippen LogP contribution is 2.44. The summed E-state index contributed by atoms with van der Waals surface area (Å²) in [7, 11) is 3.29. The third-order valence-electron chi connectivity index (χ3n) is 4.90. The maximum Gasteiger partial charge on any atom is 0.252 e. The molecule has 6 nitrogen and oxygen atoms in total. The Hall–Kier alpha value is -3.38. The lowest BCUT2D eigenvalue weighted by atomic mass is 9.69. The quantitative estimate of drug-likeness (QED) is 0.476. The van der Waals surface area contributed by atoms with Crippen LogP contribution in [0.5, 0.6) is 0 Å². The van der Waals surface area contributed by atoms with Crippen molar-refractivity contribution in [2.75, 3.05) is 14.1 Å². The highest BCUT2D eigenvalue weighted by Gasteiger charge is 2.50. The van der Waals surface area contributed by atoms with Crippen LogP contribution in [-0.2, 0) is 4.79 Å². The molecule has 0 aromatic heterocycles. The van der Waals surface area contributed by atoms with Crippen molar-refractivity contribution in [1.29, 1.82) is 0 Å². The Labute approximate surface area is 164 Å². The molecule has 1 aliphatic rings. The molecule has 1 unspecified atom stereocenters. The molecule has 1 aliphatic heterocycles. The molecule has 6 heteroatoms. The van der Waals surface area contributed by atoms with E-state index in [4.69, 9.17) is 0 Å². The lowest BCUT2D eigenvalue weighted by Gasteiger charge is -2.45. The van der Waals surface area contributed by atoms with Gasteiger partial charge in [0, 0.05) is 26.2 Å². The van der Waals surface area contributed by atoms with E-state index in [0.29, 0.717) is 0 Å². The van der Waals surface area contributed by atoms with E-state index >= 15 is 0 Å². The minimum atomic E-state index is -1.44. The molecule has 1 heterocycles. The number of carbonyl (C=O) groups is 1. The molecule has 1 atom stereocenters. The highest BCUT2D eigenvalue weighted by atomic mass is 16.5. The second kappa shape index (κ2) is 8.10. The molecule has 0 bridgehead atoms. The summed E-state index contributed by atoms with van der Waals surface area (Å²) in [5.41, 5.74) is 0.576. The molecule has 0 radical (unpaired) electrons. The van der Waals surface area contributed by atoms with Crippen molar-refractivity contribution >= 4 is 12.1 Å². The third kappa shape index (κ3) is 3.30. The van der Waals surface area contributed by atoms with Crippen molar-refractivity contribution in [3.63, 3.8) is 0 Å². The van der Waals surface area contributed by atoms with Crippen LogP contribution < -0.4 is 0 Å². The number of hydrogen-bond donors (Lipinski definition) is 2. The van der Waals surface area contributed by atoms with Crippen molar-refractivity contribution in [1.82, 2.24) is 9.96 Å². The molecular formula is C22H23N3O3. The van der Waals surface area contributed by atoms with Gasteiger partial charge in [0.1, 0.15) is 5.54 Å². The predicted molar refractivity (Wildman–Crippen MR) is 107 cm³/mol. The number of amides is 1. The summed E-state index contributed by atoms with van der Waals surface area (Å²) in [5.74, 6) is -0.809. The van der Waals surface area contributed by atoms with Crippen molar-refractivity contribution in [3.05, 3.63) is 95.7 Å². The van der Waals surface area contributed by atoms with E-state index in [1.807, 2.05) is 60.7 Å². The average molecular weight is 377 g/mol. The average Bonchev–Trinajstić information content (AvgIpc) is 2.71. The van der Waals surface area contributed by atoms with Gasteiger partial charge in [-0.25, -0.2) is 5.06 Å². The summed E-state index contributed by atoms with van der Waals surface area (Å²) in [5, 5.41) is 24.7. The van der Waals surface area contributed by atoms with Crippen molar-refractivity contribution < 1.29 is 15.2 Å². The number of hydroxylamine groups is 2. The number of hydrogen-bond acceptors (Lipinski definition) is 5. The van der Waals surface area contributed by atoms with Crippen molar-refractivity contribution in [2.24, 2.45) is 5.16 Å². The van der Waals surface area contributed by atoms with E-state index in [1.54, 1.807) is 26.2 Å². The fourth-order valence-corrected chi connectivity index (χ4v) is 3.66. The second-order valence-electron chi connectivity index (χ2n) is 6.79. The van der Waals surface area contributed by atoms with Gasteiger partial charge in [0.05, 0.1) is 11.8 Å². The van der Waals surface area contributed by atoms with Gasteiger partial charge in [-0.3, -0.25) is 10.0 Å². The van der Waals surface area contributed by atoms with Gasteiger partial charge in [0.15, 0.2) is 0 Å². The second-order valence-corrected chi connectivity index (χ2v) is 6.79. The number of oxime groups is 1. The first-order valence-electron chi connectivity index (χ1n) is 8.89. The van der Waals surface area contributed by atoms with Crippen LogP contribution >= 0.6 is 0 Å². The van der Waals surface area contributed by atoms with E-state index < -0.39 is 11.5 Å². The summed E-state index contributed by atoms with van der Waals surface area (Å²) in [6.45, 7) is 0. The summed E-state index contributed by atoms with van der Waals surface area (Å²) in [6.07, 6.45) is 5.91. The molecule has 3 rings (SSSR count). The summed E-state index contributed by atoms with van der Waals surface area (Å²) >= 11 is 0. The Bertz CT molecular complexity index is 868. The van der Waals surface area contributed by atoms with Crippen molar-refractivity contribution in [2.45, 2.75) is 11.5 Å². The van der Waals surface area contributed by atoms with Crippen LogP contribution in [0.3, 0.4) is 0 Å². The molecule has 0 spiro atoms. The van der Waals surface area contributed by atoms with Gasteiger partial charge < -0.3 is 10.1 Å². The summed E-state index contributed by atoms with van der Waals surface area (Å²) < 4.78 is 0. The predicted octanol–water partition coefficient (Wildman–Crippen LogP) is 3.25. The SMILES string of the molecule is CN(C)C(=O)C1=CC=CN(O)C1(C=NO)C(c1ccccc1)c1ccccc1. The van der Waals surface area contributed by atoms with E-state index in [-0.39, 0.29) is 11.5 Å². The van der Waals surface area contributed by atoms with Gasteiger partial charge in [-0.2, -0.15) is 0 Å². The highest BCUT2D eigenvalue weighted by molar-refractivity contribution is 6.02. The molecule has 2 N–H and O–H groups in total. The Morgan fingerprint density at radius 1 is 1.07 bits per heavy atom. The van der Waals surface area contributed by atoms with Crippen LogP contribution in [0.15, 0.2) is 89.7 Å². The van der Waals surface area contributed by atoms with E-state index in [2.05, 4.69) is 5.16 Å². The Morgan fingerprint density at radius 3 is 2.07 bits per heavy atom. The summed E-state index contributed by atoms with van der Waals surface area (Å²) in [4.78, 5) is 14.5. The fraction of sp³-hybridized carbons (Fsp3) is 0.182. The molecule has 0 aliphatic carbocycles. The minimum Gasteiger partial charge on any atom is -0.411 e. The maximum absolute atomic E-state index is 13.0. The van der Waals surface area contributed by atoms with Gasteiger partial charge in [0.25, 0.3) is 5.91 Å². The van der Waals surface area contributed by atoms with Gasteiger partial charge in [-0.15, -0.1) is 0 Å². The van der Waals surface area contributed by atoms with E-state index in [1.165, 1.54) is 17.3 Å². The zero-order valence-corrected chi connectivity index (χ0v) is 15.8. The molecule has 0 fully saturated rings. The first-order valence-corrected chi connectivity index (χ1v) is 8.89. The smallest absolute Gasteiger partial charge is 0.252 e. The first kappa shape index (κ1) is 19.4. The van der Waals surface area contributed by atoms with Gasteiger partial charge >= 0.3 is 0 Å². The maximum atomic E-state index is 13.0. The normalized spacial score (nSPS) is 19.1. The molecule has 28 heavy (non-hydrogen) atoms. The lowest BCUT2D eigenvalue weighted by Crippen LogP contribution is -2.56. The van der Waals surface area contributed by atoms with Crippen LogP contribution in [0.2, 0.25) is 0 Å². The topological polar surface area (TPSA) is 76.4 Å². The number of nitrogens with zero attached hydrogens (tertiary/aromatic N) is 3. The van der Waals surface area contributed by atoms with Gasteiger partial charge in [-0.1, -0.05) is 65.8 Å². The Morgan fingerprint density at radius 2 is 1.61 bits per heavy atom. The van der Waals surface area contributed by atoms with Crippen LogP contribution in [0.1, 0.15) is 17.0 Å². The lowest BCUT2D eigenvalue weighted by molar-refractivity contribution is -0.131. The number of allylic oxidation sites excluding steroid dienone is 2. The number of carbonyl (C=O) groups excluding carboxylic acids is 1. The van der Waals surface area contributed by atoms with E-state index in [0.717, 1.165) is 16.2 Å². The number of benzene rings is 2. The zero-order chi connectivity index (χ0) is 20.1. The molecule has 0 saturated carbocycles. The minimum absolute atomic E-state index is 0.290. The monoisotopic (exact) mass is 377 g/mol. The molecule has 2 aromatic rings. The largest absolute Gasteiger partial charge is 0.411 e. The Kier molecular flexibility index (Phi) is 5.61. The van der Waals surface area contributed by atoms with Crippen LogP contribution in [-0.4, -0.2) is 52.1 Å². The molecule has 0 saturated heterocycles. The molecule has 2 aromatic carbocycles. The van der Waals surface area contributed by atoms with E-state index in [9.17, 15) is 15.2 Å². The summed E-state index contributed by atoms with van der Waals surface area (Å²) in [6, 6.07) is 19.1. The van der Waals surface area contributed by atoms with Gasteiger partial charge in [-0.05, 0) is 23.3 Å². The molecule has 144 valence electrons. The molecule has 1 amide bonds.